The zero-order valence-electron chi connectivity index (χ0n) is 8.95. The normalized spacial score (nSPS) is 10.6. The zero-order valence-corrected chi connectivity index (χ0v) is 9.76. The number of rotatable bonds is 2. The first-order valence-electron chi connectivity index (χ1n) is 5.15. The minimum atomic E-state index is 0.590. The molecular formula is C12H10N4S. The van der Waals surface area contributed by atoms with Crippen LogP contribution in [0.5, 0.6) is 0 Å². The third-order valence-electron chi connectivity index (χ3n) is 2.38. The molecule has 0 aliphatic carbocycles. The van der Waals surface area contributed by atoms with Crippen molar-refractivity contribution in [2.45, 2.75) is 0 Å². The Balaban J connectivity index is 2.08. The molecule has 3 rings (SSSR count). The van der Waals surface area contributed by atoms with E-state index < -0.39 is 0 Å². The summed E-state index contributed by atoms with van der Waals surface area (Å²) < 4.78 is 1.65. The second kappa shape index (κ2) is 4.03. The van der Waals surface area contributed by atoms with Crippen LogP contribution in [0, 0.1) is 0 Å². The highest BCUT2D eigenvalue weighted by atomic mass is 32.1. The highest BCUT2D eigenvalue weighted by Crippen LogP contribution is 2.25. The molecule has 0 aliphatic heterocycles. The number of hydrogen-bond acceptors (Lipinski definition) is 4. The van der Waals surface area contributed by atoms with Crippen molar-refractivity contribution in [1.82, 2.24) is 14.8 Å². The molecular weight excluding hydrogens is 232 g/mol. The average Bonchev–Trinajstić information content (AvgIpc) is 2.99. The Hall–Kier alpha value is -2.14. The van der Waals surface area contributed by atoms with E-state index in [0.717, 1.165) is 16.4 Å². The number of thiophene rings is 1. The van der Waals surface area contributed by atoms with Crippen LogP contribution in [0.25, 0.3) is 16.4 Å². The number of hydrogen-bond donors (Lipinski definition) is 1. The smallest absolute Gasteiger partial charge is 0.155 e. The predicted octanol–water partition coefficient (Wildman–Crippen LogP) is 2.58. The van der Waals surface area contributed by atoms with Crippen molar-refractivity contribution in [1.29, 1.82) is 0 Å². The Morgan fingerprint density at radius 3 is 2.82 bits per heavy atom. The number of aromatic nitrogens is 3. The first-order chi connectivity index (χ1) is 8.34. The van der Waals surface area contributed by atoms with E-state index in [2.05, 4.69) is 10.1 Å². The molecule has 3 aromatic heterocycles. The standard InChI is InChI=1S/C12H10N4S/c13-11-8-9(10-4-3-7-17-10)15-16(11)12-5-1-2-6-14-12/h1-8H,13H2. The van der Waals surface area contributed by atoms with Gasteiger partial charge >= 0.3 is 0 Å². The van der Waals surface area contributed by atoms with E-state index in [-0.39, 0.29) is 0 Å². The minimum absolute atomic E-state index is 0.590. The Labute approximate surface area is 102 Å². The highest BCUT2D eigenvalue weighted by molar-refractivity contribution is 7.13. The van der Waals surface area contributed by atoms with Gasteiger partial charge in [0.1, 0.15) is 11.5 Å². The third-order valence-corrected chi connectivity index (χ3v) is 3.27. The molecule has 2 N–H and O–H groups in total. The van der Waals surface area contributed by atoms with Gasteiger partial charge in [-0.15, -0.1) is 11.3 Å². The fourth-order valence-electron chi connectivity index (χ4n) is 1.60. The van der Waals surface area contributed by atoms with Crippen LogP contribution in [0.1, 0.15) is 0 Å². The maximum atomic E-state index is 5.94. The van der Waals surface area contributed by atoms with Crippen molar-refractivity contribution in [3.63, 3.8) is 0 Å². The Morgan fingerprint density at radius 1 is 1.18 bits per heavy atom. The van der Waals surface area contributed by atoms with Gasteiger partial charge < -0.3 is 5.73 Å². The quantitative estimate of drug-likeness (QED) is 0.751. The van der Waals surface area contributed by atoms with Gasteiger partial charge in [-0.3, -0.25) is 0 Å². The van der Waals surface area contributed by atoms with Gasteiger partial charge in [-0.1, -0.05) is 12.1 Å². The van der Waals surface area contributed by atoms with Gasteiger partial charge in [-0.2, -0.15) is 9.78 Å². The van der Waals surface area contributed by atoms with E-state index in [0.29, 0.717) is 5.82 Å². The van der Waals surface area contributed by atoms with Gasteiger partial charge in [0.2, 0.25) is 0 Å². The van der Waals surface area contributed by atoms with Crippen molar-refractivity contribution in [3.8, 4) is 16.4 Å². The molecule has 0 fully saturated rings. The molecule has 0 amide bonds. The lowest BCUT2D eigenvalue weighted by atomic mass is 10.3. The van der Waals surface area contributed by atoms with Crippen molar-refractivity contribution < 1.29 is 0 Å². The molecule has 0 aromatic carbocycles. The van der Waals surface area contributed by atoms with Crippen LogP contribution >= 0.6 is 11.3 Å². The van der Waals surface area contributed by atoms with Gasteiger partial charge in [0.15, 0.2) is 5.82 Å². The monoisotopic (exact) mass is 242 g/mol. The van der Waals surface area contributed by atoms with Crippen LogP contribution in [0.4, 0.5) is 5.82 Å². The molecule has 0 aliphatic rings. The molecule has 5 heteroatoms. The van der Waals surface area contributed by atoms with E-state index in [1.165, 1.54) is 0 Å². The number of nitrogen functional groups attached to an aromatic ring is 1. The van der Waals surface area contributed by atoms with E-state index in [1.54, 1.807) is 22.2 Å². The number of nitrogens with two attached hydrogens (primary N) is 1. The van der Waals surface area contributed by atoms with Crippen LogP contribution in [-0.2, 0) is 0 Å². The molecule has 0 radical (unpaired) electrons. The molecule has 3 heterocycles. The van der Waals surface area contributed by atoms with Crippen LogP contribution in [0.15, 0.2) is 48.0 Å². The van der Waals surface area contributed by atoms with Gasteiger partial charge in [-0.25, -0.2) is 4.98 Å². The summed E-state index contributed by atoms with van der Waals surface area (Å²) in [6, 6.07) is 11.5. The minimum Gasteiger partial charge on any atom is -0.384 e. The Bertz CT molecular complexity index is 613. The summed E-state index contributed by atoms with van der Waals surface area (Å²) >= 11 is 1.64. The number of pyridine rings is 1. The summed E-state index contributed by atoms with van der Waals surface area (Å²) in [5, 5.41) is 6.48. The Morgan fingerprint density at radius 2 is 2.12 bits per heavy atom. The van der Waals surface area contributed by atoms with Crippen LogP contribution in [0.2, 0.25) is 0 Å². The summed E-state index contributed by atoms with van der Waals surface area (Å²) in [6.07, 6.45) is 1.72. The fourth-order valence-corrected chi connectivity index (χ4v) is 2.28. The number of anilines is 1. The van der Waals surface area contributed by atoms with Gasteiger partial charge in [-0.05, 0) is 23.6 Å². The lowest BCUT2D eigenvalue weighted by Crippen LogP contribution is -2.03. The lowest BCUT2D eigenvalue weighted by Gasteiger charge is -2.00. The maximum absolute atomic E-state index is 5.94. The molecule has 0 unspecified atom stereocenters. The second-order valence-electron chi connectivity index (χ2n) is 3.53. The molecule has 0 saturated carbocycles. The first kappa shape index (κ1) is 10.0. The lowest BCUT2D eigenvalue weighted by molar-refractivity contribution is 0.861. The molecule has 0 spiro atoms. The first-order valence-corrected chi connectivity index (χ1v) is 6.03. The van der Waals surface area contributed by atoms with Crippen LogP contribution < -0.4 is 5.73 Å². The summed E-state index contributed by atoms with van der Waals surface area (Å²) in [6.45, 7) is 0. The second-order valence-corrected chi connectivity index (χ2v) is 4.48. The van der Waals surface area contributed by atoms with Crippen molar-refractivity contribution in [2.24, 2.45) is 0 Å². The van der Waals surface area contributed by atoms with Gasteiger partial charge in [0, 0.05) is 12.3 Å². The Kier molecular flexibility index (Phi) is 2.38. The zero-order chi connectivity index (χ0) is 11.7. The summed E-state index contributed by atoms with van der Waals surface area (Å²) in [7, 11) is 0. The van der Waals surface area contributed by atoms with E-state index in [4.69, 9.17) is 5.73 Å². The van der Waals surface area contributed by atoms with E-state index in [1.807, 2.05) is 41.8 Å². The third kappa shape index (κ3) is 1.81. The predicted molar refractivity (Wildman–Crippen MR) is 69.1 cm³/mol. The molecule has 84 valence electrons. The van der Waals surface area contributed by atoms with Crippen molar-refractivity contribution in [3.05, 3.63) is 48.0 Å². The van der Waals surface area contributed by atoms with Gasteiger partial charge in [0.25, 0.3) is 0 Å². The number of nitrogens with zero attached hydrogens (tertiary/aromatic N) is 3. The van der Waals surface area contributed by atoms with Crippen molar-refractivity contribution >= 4 is 17.2 Å². The van der Waals surface area contributed by atoms with Crippen molar-refractivity contribution in [2.75, 3.05) is 5.73 Å². The molecule has 3 aromatic rings. The molecule has 0 atom stereocenters. The average molecular weight is 242 g/mol. The van der Waals surface area contributed by atoms with Crippen LogP contribution in [0.3, 0.4) is 0 Å². The highest BCUT2D eigenvalue weighted by Gasteiger charge is 2.09. The van der Waals surface area contributed by atoms with E-state index >= 15 is 0 Å². The fraction of sp³-hybridized carbons (Fsp3) is 0. The van der Waals surface area contributed by atoms with Gasteiger partial charge in [0.05, 0.1) is 4.88 Å². The SMILES string of the molecule is Nc1cc(-c2cccs2)nn1-c1ccccn1. The van der Waals surface area contributed by atoms with E-state index in [9.17, 15) is 0 Å². The van der Waals surface area contributed by atoms with Crippen LogP contribution in [-0.4, -0.2) is 14.8 Å². The maximum Gasteiger partial charge on any atom is 0.155 e. The molecule has 4 nitrogen and oxygen atoms in total. The topological polar surface area (TPSA) is 56.7 Å². The summed E-state index contributed by atoms with van der Waals surface area (Å²) in [4.78, 5) is 5.33. The molecule has 0 saturated heterocycles. The molecule has 0 bridgehead atoms. The summed E-state index contributed by atoms with van der Waals surface area (Å²) in [5.41, 5.74) is 6.82. The largest absolute Gasteiger partial charge is 0.384 e. The molecule has 17 heavy (non-hydrogen) atoms. The summed E-state index contributed by atoms with van der Waals surface area (Å²) in [5.74, 6) is 1.32.